The Kier molecular flexibility index (Phi) is 8.19. The molecule has 1 heterocycles. The van der Waals surface area contributed by atoms with Gasteiger partial charge < -0.3 is 15.5 Å². The van der Waals surface area contributed by atoms with Crippen molar-refractivity contribution in [2.75, 3.05) is 17.2 Å². The molecule has 0 atom stereocenters. The van der Waals surface area contributed by atoms with E-state index in [9.17, 15) is 9.59 Å². The molecule has 7 nitrogen and oxygen atoms in total. The molecule has 3 aromatic carbocycles. The van der Waals surface area contributed by atoms with Crippen LogP contribution in [0.3, 0.4) is 0 Å². The van der Waals surface area contributed by atoms with Gasteiger partial charge in [-0.1, -0.05) is 80.9 Å². The number of aryl methyl sites for hydroxylation is 3. The summed E-state index contributed by atoms with van der Waals surface area (Å²) >= 11 is 0. The number of hydrogen-bond acceptors (Lipinski definition) is 3. The molecule has 1 aromatic heterocycles. The first-order valence-electron chi connectivity index (χ1n) is 13.1. The van der Waals surface area contributed by atoms with Crippen LogP contribution < -0.4 is 10.6 Å². The lowest BCUT2D eigenvalue weighted by Crippen LogP contribution is -2.40. The summed E-state index contributed by atoms with van der Waals surface area (Å²) in [4.78, 5) is 28.4. The van der Waals surface area contributed by atoms with Gasteiger partial charge in [-0.2, -0.15) is 5.10 Å². The Hall–Kier alpha value is -4.39. The van der Waals surface area contributed by atoms with E-state index in [1.165, 1.54) is 4.90 Å². The molecule has 3 amide bonds. The summed E-state index contributed by atoms with van der Waals surface area (Å²) in [5.41, 5.74) is 6.32. The summed E-state index contributed by atoms with van der Waals surface area (Å²) in [6.45, 7) is 12.4. The highest BCUT2D eigenvalue weighted by atomic mass is 16.2. The SMILES string of the molecule is Cc1cccc(-n2nc(C(C)(C)C)cc2NC(=O)CN(Cc2ccccc2)C(=O)Nc2ccc(C)cc2C)c1. The molecule has 0 aliphatic carbocycles. The number of hydrogen-bond donors (Lipinski definition) is 2. The first kappa shape index (κ1) is 27.6. The van der Waals surface area contributed by atoms with Crippen LogP contribution in [0.15, 0.2) is 78.9 Å². The van der Waals surface area contributed by atoms with E-state index in [-0.39, 0.29) is 30.4 Å². The monoisotopic (exact) mass is 523 g/mol. The van der Waals surface area contributed by atoms with E-state index in [1.54, 1.807) is 4.68 Å². The zero-order chi connectivity index (χ0) is 28.2. The first-order valence-corrected chi connectivity index (χ1v) is 13.1. The summed E-state index contributed by atoms with van der Waals surface area (Å²) in [6, 6.07) is 25.0. The highest BCUT2D eigenvalue weighted by Crippen LogP contribution is 2.27. The summed E-state index contributed by atoms with van der Waals surface area (Å²) in [7, 11) is 0. The molecule has 0 bridgehead atoms. The molecule has 0 aliphatic rings. The predicted molar refractivity (Wildman–Crippen MR) is 157 cm³/mol. The van der Waals surface area contributed by atoms with Gasteiger partial charge in [-0.15, -0.1) is 0 Å². The number of amides is 3. The highest BCUT2D eigenvalue weighted by molar-refractivity contribution is 5.97. The summed E-state index contributed by atoms with van der Waals surface area (Å²) in [5.74, 6) is 0.251. The van der Waals surface area contributed by atoms with E-state index in [0.29, 0.717) is 5.82 Å². The number of aromatic nitrogens is 2. The quantitative estimate of drug-likeness (QED) is 0.281. The number of carbonyl (C=O) groups excluding carboxylic acids is 2. The predicted octanol–water partition coefficient (Wildman–Crippen LogP) is 6.77. The second kappa shape index (κ2) is 11.6. The molecule has 39 heavy (non-hydrogen) atoms. The Morgan fingerprint density at radius 2 is 1.56 bits per heavy atom. The van der Waals surface area contributed by atoms with E-state index in [0.717, 1.165) is 39.3 Å². The third kappa shape index (κ3) is 7.13. The van der Waals surface area contributed by atoms with Crippen LogP contribution in [0.2, 0.25) is 0 Å². The topological polar surface area (TPSA) is 79.3 Å². The van der Waals surface area contributed by atoms with Gasteiger partial charge in [0.25, 0.3) is 0 Å². The molecule has 0 saturated heterocycles. The van der Waals surface area contributed by atoms with Crippen LogP contribution >= 0.6 is 0 Å². The van der Waals surface area contributed by atoms with Crippen LogP contribution in [0.25, 0.3) is 5.69 Å². The average molecular weight is 524 g/mol. The largest absolute Gasteiger partial charge is 0.322 e. The number of rotatable bonds is 7. The number of anilines is 2. The minimum atomic E-state index is -0.344. The number of nitrogens with zero attached hydrogens (tertiary/aromatic N) is 3. The molecule has 0 radical (unpaired) electrons. The molecular formula is C32H37N5O2. The maximum absolute atomic E-state index is 13.4. The van der Waals surface area contributed by atoms with Crippen molar-refractivity contribution < 1.29 is 9.59 Å². The Morgan fingerprint density at radius 1 is 0.846 bits per heavy atom. The number of nitrogens with one attached hydrogen (secondary N) is 2. The van der Waals surface area contributed by atoms with Crippen LogP contribution in [0.1, 0.15) is 48.7 Å². The van der Waals surface area contributed by atoms with Crippen molar-refractivity contribution >= 4 is 23.4 Å². The Balaban J connectivity index is 1.59. The van der Waals surface area contributed by atoms with E-state index in [4.69, 9.17) is 5.10 Å². The highest BCUT2D eigenvalue weighted by Gasteiger charge is 2.23. The van der Waals surface area contributed by atoms with Gasteiger partial charge >= 0.3 is 6.03 Å². The summed E-state index contributed by atoms with van der Waals surface area (Å²) < 4.78 is 1.75. The summed E-state index contributed by atoms with van der Waals surface area (Å²) in [6.07, 6.45) is 0. The Bertz CT molecular complexity index is 1470. The van der Waals surface area contributed by atoms with Gasteiger partial charge in [0.1, 0.15) is 12.4 Å². The smallest absolute Gasteiger partial charge is 0.311 e. The minimum Gasteiger partial charge on any atom is -0.311 e. The standard InChI is InChI=1S/C32H37N5O2/c1-22-11-10-14-26(18-22)37-29(19-28(35-37)32(4,5)6)34-30(38)21-36(20-25-12-8-7-9-13-25)31(39)33-27-16-15-23(2)17-24(27)3/h7-19H,20-21H2,1-6H3,(H,33,39)(H,34,38). The molecule has 2 N–H and O–H groups in total. The van der Waals surface area contributed by atoms with Crippen molar-refractivity contribution in [1.29, 1.82) is 0 Å². The lowest BCUT2D eigenvalue weighted by Gasteiger charge is -2.23. The Labute approximate surface area is 230 Å². The number of benzene rings is 3. The van der Waals surface area contributed by atoms with Gasteiger partial charge in [0.05, 0.1) is 11.4 Å². The molecule has 7 heteroatoms. The van der Waals surface area contributed by atoms with Crippen molar-refractivity contribution in [3.63, 3.8) is 0 Å². The van der Waals surface area contributed by atoms with Crippen molar-refractivity contribution in [2.24, 2.45) is 0 Å². The second-order valence-electron chi connectivity index (χ2n) is 11.1. The van der Waals surface area contributed by atoms with Crippen LogP contribution in [-0.2, 0) is 16.8 Å². The van der Waals surface area contributed by atoms with Crippen LogP contribution in [0.4, 0.5) is 16.3 Å². The third-order valence-corrected chi connectivity index (χ3v) is 6.45. The number of carbonyl (C=O) groups is 2. The fraction of sp³-hybridized carbons (Fsp3) is 0.281. The van der Waals surface area contributed by atoms with Gasteiger partial charge in [-0.3, -0.25) is 4.79 Å². The van der Waals surface area contributed by atoms with Crippen LogP contribution in [0.5, 0.6) is 0 Å². The van der Waals surface area contributed by atoms with Crippen molar-refractivity contribution in [2.45, 2.75) is 53.5 Å². The molecule has 0 spiro atoms. The van der Waals surface area contributed by atoms with Gasteiger partial charge in [0.15, 0.2) is 0 Å². The molecule has 0 aliphatic heterocycles. The molecule has 202 valence electrons. The van der Waals surface area contributed by atoms with E-state index >= 15 is 0 Å². The molecule has 4 aromatic rings. The fourth-order valence-corrected chi connectivity index (χ4v) is 4.30. The van der Waals surface area contributed by atoms with E-state index in [2.05, 4.69) is 31.4 Å². The summed E-state index contributed by atoms with van der Waals surface area (Å²) in [5, 5.41) is 10.8. The number of urea groups is 1. The van der Waals surface area contributed by atoms with Crippen molar-refractivity contribution in [3.8, 4) is 5.69 Å². The van der Waals surface area contributed by atoms with Crippen molar-refractivity contribution in [1.82, 2.24) is 14.7 Å². The average Bonchev–Trinajstić information content (AvgIpc) is 3.30. The Morgan fingerprint density at radius 3 is 2.23 bits per heavy atom. The first-order chi connectivity index (χ1) is 18.5. The zero-order valence-electron chi connectivity index (χ0n) is 23.6. The van der Waals surface area contributed by atoms with Gasteiger partial charge in [-0.25, -0.2) is 9.48 Å². The molecule has 4 rings (SSSR count). The zero-order valence-corrected chi connectivity index (χ0v) is 23.6. The van der Waals surface area contributed by atoms with Gasteiger partial charge in [0, 0.05) is 23.7 Å². The van der Waals surface area contributed by atoms with Crippen LogP contribution in [0, 0.1) is 20.8 Å². The maximum atomic E-state index is 13.4. The van der Waals surface area contributed by atoms with E-state index < -0.39 is 0 Å². The fourth-order valence-electron chi connectivity index (χ4n) is 4.30. The molecule has 0 unspecified atom stereocenters. The van der Waals surface area contributed by atoms with Crippen molar-refractivity contribution in [3.05, 3.63) is 107 Å². The van der Waals surface area contributed by atoms with Gasteiger partial charge in [0.2, 0.25) is 5.91 Å². The molecule has 0 fully saturated rings. The minimum absolute atomic E-state index is 0.129. The molecular weight excluding hydrogens is 486 g/mol. The van der Waals surface area contributed by atoms with E-state index in [1.807, 2.05) is 99.6 Å². The second-order valence-corrected chi connectivity index (χ2v) is 11.1. The van der Waals surface area contributed by atoms with Crippen LogP contribution in [-0.4, -0.2) is 33.2 Å². The normalized spacial score (nSPS) is 11.2. The lowest BCUT2D eigenvalue weighted by molar-refractivity contribution is -0.116. The maximum Gasteiger partial charge on any atom is 0.322 e. The molecule has 0 saturated carbocycles. The van der Waals surface area contributed by atoms with Gasteiger partial charge in [-0.05, 0) is 55.7 Å². The lowest BCUT2D eigenvalue weighted by atomic mass is 9.92. The third-order valence-electron chi connectivity index (χ3n) is 6.45.